The van der Waals surface area contributed by atoms with Crippen molar-refractivity contribution in [3.63, 3.8) is 0 Å². The monoisotopic (exact) mass is 467 g/mol. The highest BCUT2D eigenvalue weighted by atomic mass is 35.5. The van der Waals surface area contributed by atoms with Gasteiger partial charge in [0, 0.05) is 16.8 Å². The van der Waals surface area contributed by atoms with Gasteiger partial charge >= 0.3 is 0 Å². The minimum absolute atomic E-state index is 0.00332. The second-order valence-electron chi connectivity index (χ2n) is 6.92. The predicted octanol–water partition coefficient (Wildman–Crippen LogP) is 3.42. The van der Waals surface area contributed by atoms with E-state index in [9.17, 15) is 13.2 Å². The van der Waals surface area contributed by atoms with E-state index >= 15 is 0 Å². The number of hydrogen-bond acceptors (Lipinski definition) is 5. The van der Waals surface area contributed by atoms with E-state index in [4.69, 9.17) is 16.7 Å². The number of carbonyl (C=O) groups excluding carboxylic acids is 1. The predicted molar refractivity (Wildman–Crippen MR) is 122 cm³/mol. The summed E-state index contributed by atoms with van der Waals surface area (Å²) < 4.78 is 24.8. The molecular formula is C22H18ClN5O3S. The molecule has 0 saturated heterocycles. The number of primary sulfonamides is 1. The summed E-state index contributed by atoms with van der Waals surface area (Å²) in [6.45, 7) is 0. The number of carbonyl (C=O) groups is 1. The first kappa shape index (κ1) is 21.7. The lowest BCUT2D eigenvalue weighted by atomic mass is 10.1. The first-order chi connectivity index (χ1) is 15.3. The second kappa shape index (κ2) is 8.91. The summed E-state index contributed by atoms with van der Waals surface area (Å²) in [5, 5.41) is 13.1. The maximum atomic E-state index is 12.5. The van der Waals surface area contributed by atoms with Gasteiger partial charge in [-0.05, 0) is 54.6 Å². The molecule has 2 heterocycles. The molecule has 32 heavy (non-hydrogen) atoms. The Morgan fingerprint density at radius 2 is 1.75 bits per heavy atom. The maximum Gasteiger partial charge on any atom is 0.238 e. The number of sulfonamides is 1. The molecule has 10 heteroatoms. The topological polar surface area (TPSA) is 120 Å². The molecule has 162 valence electrons. The van der Waals surface area contributed by atoms with E-state index < -0.39 is 10.0 Å². The largest absolute Gasteiger partial charge is 0.310 e. The Labute approximate surface area is 189 Å². The number of nitrogens with zero attached hydrogens (tertiary/aromatic N) is 3. The number of nitrogens with two attached hydrogens (primary N) is 1. The number of halogens is 1. The number of rotatable bonds is 6. The standard InChI is InChI=1S/C22H18ClN5O3S/c23-16-6-4-15(5-7-16)20-13-17(14-22(29)26-21-3-1-2-12-25-21)27-28(20)18-8-10-19(11-9-18)32(24,30)31/h1-13H,14H2,(H2,24,30,31)(H,25,26,29). The number of nitrogens with one attached hydrogen (secondary N) is 1. The van der Waals surface area contributed by atoms with Gasteiger partial charge in [0.15, 0.2) is 0 Å². The molecule has 0 atom stereocenters. The van der Waals surface area contributed by atoms with Gasteiger partial charge in [-0.25, -0.2) is 23.2 Å². The van der Waals surface area contributed by atoms with Crippen LogP contribution in [-0.2, 0) is 21.2 Å². The van der Waals surface area contributed by atoms with Gasteiger partial charge in [0.25, 0.3) is 0 Å². The average Bonchev–Trinajstić information content (AvgIpc) is 3.18. The third-order valence-corrected chi connectivity index (χ3v) is 5.77. The fourth-order valence-corrected chi connectivity index (χ4v) is 3.75. The highest BCUT2D eigenvalue weighted by Gasteiger charge is 2.16. The van der Waals surface area contributed by atoms with Gasteiger partial charge in [-0.1, -0.05) is 29.8 Å². The Morgan fingerprint density at radius 3 is 2.38 bits per heavy atom. The summed E-state index contributed by atoms with van der Waals surface area (Å²) in [7, 11) is -3.81. The van der Waals surface area contributed by atoms with Crippen molar-refractivity contribution >= 4 is 33.3 Å². The molecule has 8 nitrogen and oxygen atoms in total. The van der Waals surface area contributed by atoms with Crippen LogP contribution in [0.3, 0.4) is 0 Å². The Bertz CT molecular complexity index is 1350. The van der Waals surface area contributed by atoms with Crippen LogP contribution in [0.1, 0.15) is 5.69 Å². The van der Waals surface area contributed by atoms with Crippen LogP contribution in [-0.4, -0.2) is 29.1 Å². The third-order valence-electron chi connectivity index (χ3n) is 4.58. The van der Waals surface area contributed by atoms with Crippen molar-refractivity contribution in [3.8, 4) is 16.9 Å². The van der Waals surface area contributed by atoms with E-state index in [-0.39, 0.29) is 17.2 Å². The second-order valence-corrected chi connectivity index (χ2v) is 8.92. The fourth-order valence-electron chi connectivity index (χ4n) is 3.10. The van der Waals surface area contributed by atoms with Crippen molar-refractivity contribution < 1.29 is 13.2 Å². The first-order valence-corrected chi connectivity index (χ1v) is 11.4. The molecule has 0 spiro atoms. The number of aromatic nitrogens is 3. The quantitative estimate of drug-likeness (QED) is 0.450. The molecule has 2 aromatic heterocycles. The lowest BCUT2D eigenvalue weighted by Crippen LogP contribution is -2.15. The zero-order valence-electron chi connectivity index (χ0n) is 16.6. The molecule has 1 amide bonds. The molecule has 2 aromatic carbocycles. The first-order valence-electron chi connectivity index (χ1n) is 9.48. The van der Waals surface area contributed by atoms with Crippen molar-refractivity contribution in [2.24, 2.45) is 5.14 Å². The summed E-state index contributed by atoms with van der Waals surface area (Å²) in [6, 6.07) is 20.2. The highest BCUT2D eigenvalue weighted by Crippen LogP contribution is 2.26. The number of hydrogen-bond donors (Lipinski definition) is 2. The Morgan fingerprint density at radius 1 is 1.03 bits per heavy atom. The summed E-state index contributed by atoms with van der Waals surface area (Å²) in [4.78, 5) is 16.6. The molecule has 4 aromatic rings. The van der Waals surface area contributed by atoms with Crippen LogP contribution in [0.15, 0.2) is 83.9 Å². The maximum absolute atomic E-state index is 12.5. The zero-order valence-corrected chi connectivity index (χ0v) is 18.2. The van der Waals surface area contributed by atoms with Gasteiger partial charge in [-0.2, -0.15) is 5.10 Å². The van der Waals surface area contributed by atoms with Gasteiger partial charge < -0.3 is 5.32 Å². The molecule has 0 saturated carbocycles. The van der Waals surface area contributed by atoms with Crippen LogP contribution >= 0.6 is 11.6 Å². The smallest absolute Gasteiger partial charge is 0.238 e. The molecular weight excluding hydrogens is 450 g/mol. The summed E-state index contributed by atoms with van der Waals surface area (Å²) >= 11 is 6.02. The van der Waals surface area contributed by atoms with Crippen molar-refractivity contribution in [1.29, 1.82) is 0 Å². The van der Waals surface area contributed by atoms with E-state index in [1.165, 1.54) is 12.1 Å². The molecule has 0 bridgehead atoms. The van der Waals surface area contributed by atoms with E-state index in [0.29, 0.717) is 27.9 Å². The molecule has 0 unspecified atom stereocenters. The number of benzene rings is 2. The lowest BCUT2D eigenvalue weighted by Gasteiger charge is -2.08. The minimum atomic E-state index is -3.81. The van der Waals surface area contributed by atoms with Gasteiger partial charge in [0.1, 0.15) is 5.82 Å². The fraction of sp³-hybridized carbons (Fsp3) is 0.0455. The van der Waals surface area contributed by atoms with Gasteiger partial charge in [0.05, 0.1) is 28.4 Å². The SMILES string of the molecule is NS(=O)(=O)c1ccc(-n2nc(CC(=O)Nc3ccccn3)cc2-c2ccc(Cl)cc2)cc1. The van der Waals surface area contributed by atoms with Crippen molar-refractivity contribution in [3.05, 3.63) is 89.7 Å². The molecule has 0 aliphatic rings. The normalized spacial score (nSPS) is 11.3. The van der Waals surface area contributed by atoms with Crippen LogP contribution in [0.2, 0.25) is 5.02 Å². The van der Waals surface area contributed by atoms with E-state index in [1.54, 1.807) is 59.4 Å². The van der Waals surface area contributed by atoms with E-state index in [2.05, 4.69) is 15.4 Å². The van der Waals surface area contributed by atoms with Crippen LogP contribution in [0.4, 0.5) is 5.82 Å². The Hall–Kier alpha value is -3.53. The van der Waals surface area contributed by atoms with Gasteiger partial charge in [-0.3, -0.25) is 4.79 Å². The minimum Gasteiger partial charge on any atom is -0.310 e. The van der Waals surface area contributed by atoms with Crippen LogP contribution in [0.25, 0.3) is 16.9 Å². The molecule has 3 N–H and O–H groups in total. The van der Waals surface area contributed by atoms with Crippen molar-refractivity contribution in [1.82, 2.24) is 14.8 Å². The van der Waals surface area contributed by atoms with E-state index in [1.807, 2.05) is 12.1 Å². The molecule has 0 radical (unpaired) electrons. The third kappa shape index (κ3) is 5.02. The molecule has 0 fully saturated rings. The van der Waals surface area contributed by atoms with Crippen LogP contribution in [0, 0.1) is 0 Å². The average molecular weight is 468 g/mol. The van der Waals surface area contributed by atoms with Crippen molar-refractivity contribution in [2.45, 2.75) is 11.3 Å². The summed E-state index contributed by atoms with van der Waals surface area (Å²) in [5.74, 6) is 0.189. The zero-order chi connectivity index (χ0) is 22.7. The van der Waals surface area contributed by atoms with E-state index in [0.717, 1.165) is 5.56 Å². The van der Waals surface area contributed by atoms with Gasteiger partial charge in [0.2, 0.25) is 15.9 Å². The molecule has 0 aliphatic carbocycles. The molecule has 4 rings (SSSR count). The Kier molecular flexibility index (Phi) is 6.04. The summed E-state index contributed by atoms with van der Waals surface area (Å²) in [6.07, 6.45) is 1.62. The van der Waals surface area contributed by atoms with Crippen molar-refractivity contribution in [2.75, 3.05) is 5.32 Å². The van der Waals surface area contributed by atoms with Crippen LogP contribution < -0.4 is 10.5 Å². The Balaban J connectivity index is 1.68. The summed E-state index contributed by atoms with van der Waals surface area (Å²) in [5.41, 5.74) is 2.68. The van der Waals surface area contributed by atoms with Gasteiger partial charge in [-0.15, -0.1) is 0 Å². The van der Waals surface area contributed by atoms with Crippen LogP contribution in [0.5, 0.6) is 0 Å². The number of anilines is 1. The number of amides is 1. The lowest BCUT2D eigenvalue weighted by molar-refractivity contribution is -0.115. The molecule has 0 aliphatic heterocycles. The number of pyridine rings is 1. The highest BCUT2D eigenvalue weighted by molar-refractivity contribution is 7.89.